The fourth-order valence-electron chi connectivity index (χ4n) is 2.07. The van der Waals surface area contributed by atoms with E-state index in [1.807, 2.05) is 56.4 Å². The monoisotopic (exact) mass is 280 g/mol. The Morgan fingerprint density at radius 1 is 1.19 bits per heavy atom. The first kappa shape index (κ1) is 13.3. The second-order valence-electron chi connectivity index (χ2n) is 5.11. The van der Waals surface area contributed by atoms with Crippen molar-refractivity contribution in [2.45, 2.75) is 13.8 Å². The van der Waals surface area contributed by atoms with Crippen molar-refractivity contribution in [2.24, 2.45) is 5.92 Å². The van der Waals surface area contributed by atoms with Gasteiger partial charge in [0, 0.05) is 23.9 Å². The number of carbonyl (C=O) groups excluding carboxylic acids is 1. The highest BCUT2D eigenvalue weighted by molar-refractivity contribution is 5.95. The number of amides is 1. The predicted octanol–water partition coefficient (Wildman–Crippen LogP) is 2.99. The largest absolute Gasteiger partial charge is 0.310 e. The molecule has 106 valence electrons. The molecular formula is C16H16N4O. The standard InChI is InChI=1S/C16H16N4O/c1-11(2)15(21)19-14-13(12-7-4-3-5-8-12)18-16-17-9-6-10-20(14)16/h3-11H,1-2H3,(H,19,21). The van der Waals surface area contributed by atoms with Crippen LogP contribution in [-0.4, -0.2) is 20.3 Å². The topological polar surface area (TPSA) is 59.3 Å². The number of rotatable bonds is 3. The SMILES string of the molecule is CC(C)C(=O)Nc1c(-c2ccccc2)nc2ncccn12. The molecule has 5 heteroatoms. The van der Waals surface area contributed by atoms with Crippen molar-refractivity contribution in [3.63, 3.8) is 0 Å². The molecule has 0 aliphatic heterocycles. The zero-order chi connectivity index (χ0) is 14.8. The maximum atomic E-state index is 12.1. The molecule has 1 N–H and O–H groups in total. The van der Waals surface area contributed by atoms with Gasteiger partial charge in [0.25, 0.3) is 0 Å². The number of anilines is 1. The van der Waals surface area contributed by atoms with E-state index in [4.69, 9.17) is 0 Å². The van der Waals surface area contributed by atoms with Gasteiger partial charge in [0.1, 0.15) is 11.5 Å². The maximum Gasteiger partial charge on any atom is 0.235 e. The van der Waals surface area contributed by atoms with Gasteiger partial charge >= 0.3 is 0 Å². The second-order valence-corrected chi connectivity index (χ2v) is 5.11. The minimum absolute atomic E-state index is 0.0437. The van der Waals surface area contributed by atoms with Crippen LogP contribution in [0.1, 0.15) is 13.8 Å². The van der Waals surface area contributed by atoms with Gasteiger partial charge in [0.2, 0.25) is 11.7 Å². The Balaban J connectivity index is 2.17. The first-order valence-corrected chi connectivity index (χ1v) is 6.86. The van der Waals surface area contributed by atoms with Gasteiger partial charge in [-0.2, -0.15) is 0 Å². The van der Waals surface area contributed by atoms with E-state index in [9.17, 15) is 4.79 Å². The molecule has 0 aliphatic rings. The summed E-state index contributed by atoms with van der Waals surface area (Å²) in [5.74, 6) is 1.08. The smallest absolute Gasteiger partial charge is 0.235 e. The van der Waals surface area contributed by atoms with Gasteiger partial charge in [0.05, 0.1) is 0 Å². The van der Waals surface area contributed by atoms with E-state index in [0.29, 0.717) is 11.6 Å². The van der Waals surface area contributed by atoms with Crippen molar-refractivity contribution >= 4 is 17.5 Å². The third-order valence-corrected chi connectivity index (χ3v) is 3.22. The minimum Gasteiger partial charge on any atom is -0.310 e. The van der Waals surface area contributed by atoms with Crippen LogP contribution >= 0.6 is 0 Å². The van der Waals surface area contributed by atoms with Crippen molar-refractivity contribution < 1.29 is 4.79 Å². The lowest BCUT2D eigenvalue weighted by molar-refractivity contribution is -0.118. The van der Waals surface area contributed by atoms with Gasteiger partial charge in [-0.1, -0.05) is 44.2 Å². The molecule has 0 fully saturated rings. The molecule has 0 bridgehead atoms. The summed E-state index contributed by atoms with van der Waals surface area (Å²) >= 11 is 0. The van der Waals surface area contributed by atoms with Gasteiger partial charge in [-0.3, -0.25) is 9.20 Å². The molecule has 3 rings (SSSR count). The van der Waals surface area contributed by atoms with Crippen LogP contribution in [0.15, 0.2) is 48.8 Å². The zero-order valence-corrected chi connectivity index (χ0v) is 11.9. The Bertz CT molecular complexity index is 777. The minimum atomic E-state index is -0.101. The Morgan fingerprint density at radius 2 is 1.95 bits per heavy atom. The lowest BCUT2D eigenvalue weighted by Crippen LogP contribution is -2.19. The second kappa shape index (κ2) is 5.36. The molecule has 0 saturated carbocycles. The van der Waals surface area contributed by atoms with Gasteiger partial charge in [0.15, 0.2) is 0 Å². The van der Waals surface area contributed by atoms with E-state index in [-0.39, 0.29) is 11.8 Å². The Hall–Kier alpha value is -2.69. The summed E-state index contributed by atoms with van der Waals surface area (Å²) in [7, 11) is 0. The first-order chi connectivity index (χ1) is 10.2. The Labute approximate surface area is 122 Å². The number of nitrogens with zero attached hydrogens (tertiary/aromatic N) is 3. The van der Waals surface area contributed by atoms with Crippen LogP contribution in [0.5, 0.6) is 0 Å². The number of fused-ring (bicyclic) bond motifs is 1. The van der Waals surface area contributed by atoms with E-state index in [1.54, 1.807) is 10.6 Å². The molecule has 0 unspecified atom stereocenters. The van der Waals surface area contributed by atoms with Crippen LogP contribution in [0, 0.1) is 5.92 Å². The molecule has 1 aromatic carbocycles. The molecule has 0 saturated heterocycles. The fraction of sp³-hybridized carbons (Fsp3) is 0.188. The lowest BCUT2D eigenvalue weighted by Gasteiger charge is -2.09. The molecule has 3 aromatic rings. The van der Waals surface area contributed by atoms with E-state index >= 15 is 0 Å². The average molecular weight is 280 g/mol. The van der Waals surface area contributed by atoms with Gasteiger partial charge < -0.3 is 5.32 Å². The molecule has 5 nitrogen and oxygen atoms in total. The molecule has 0 aliphatic carbocycles. The fourth-order valence-corrected chi connectivity index (χ4v) is 2.07. The number of hydrogen-bond acceptors (Lipinski definition) is 3. The highest BCUT2D eigenvalue weighted by Crippen LogP contribution is 2.28. The summed E-state index contributed by atoms with van der Waals surface area (Å²) in [6, 6.07) is 11.6. The van der Waals surface area contributed by atoms with Crippen molar-refractivity contribution in [1.29, 1.82) is 0 Å². The predicted molar refractivity (Wildman–Crippen MR) is 81.9 cm³/mol. The number of aromatic nitrogens is 3. The van der Waals surface area contributed by atoms with Gasteiger partial charge in [-0.15, -0.1) is 0 Å². The molecule has 2 heterocycles. The molecule has 0 atom stereocenters. The summed E-state index contributed by atoms with van der Waals surface area (Å²) in [5, 5.41) is 2.95. The maximum absolute atomic E-state index is 12.1. The van der Waals surface area contributed by atoms with Crippen molar-refractivity contribution in [3.8, 4) is 11.3 Å². The third kappa shape index (κ3) is 2.50. The average Bonchev–Trinajstić information content (AvgIpc) is 2.87. The van der Waals surface area contributed by atoms with Crippen LogP contribution in [-0.2, 0) is 4.79 Å². The van der Waals surface area contributed by atoms with Crippen LogP contribution in [0.2, 0.25) is 0 Å². The van der Waals surface area contributed by atoms with Crippen LogP contribution in [0.25, 0.3) is 17.0 Å². The van der Waals surface area contributed by atoms with Gasteiger partial charge in [-0.05, 0) is 6.07 Å². The summed E-state index contributed by atoms with van der Waals surface area (Å²) in [4.78, 5) is 20.8. The van der Waals surface area contributed by atoms with Crippen molar-refractivity contribution in [3.05, 3.63) is 48.8 Å². The van der Waals surface area contributed by atoms with Crippen LogP contribution in [0.4, 0.5) is 5.82 Å². The summed E-state index contributed by atoms with van der Waals surface area (Å²) in [6.07, 6.45) is 3.53. The first-order valence-electron chi connectivity index (χ1n) is 6.86. The van der Waals surface area contributed by atoms with E-state index < -0.39 is 0 Å². The third-order valence-electron chi connectivity index (χ3n) is 3.22. The van der Waals surface area contributed by atoms with E-state index in [1.165, 1.54) is 0 Å². The van der Waals surface area contributed by atoms with E-state index in [2.05, 4.69) is 15.3 Å². The number of nitrogens with one attached hydrogen (secondary N) is 1. The summed E-state index contributed by atoms with van der Waals surface area (Å²) < 4.78 is 1.79. The number of carbonyl (C=O) groups is 1. The molecule has 21 heavy (non-hydrogen) atoms. The Morgan fingerprint density at radius 3 is 2.67 bits per heavy atom. The number of benzene rings is 1. The number of hydrogen-bond donors (Lipinski definition) is 1. The molecule has 0 radical (unpaired) electrons. The Kier molecular flexibility index (Phi) is 3.39. The summed E-state index contributed by atoms with van der Waals surface area (Å²) in [6.45, 7) is 3.72. The molecular weight excluding hydrogens is 264 g/mol. The normalized spacial score (nSPS) is 11.0. The molecule has 1 amide bonds. The van der Waals surface area contributed by atoms with Crippen molar-refractivity contribution in [2.75, 3.05) is 5.32 Å². The lowest BCUT2D eigenvalue weighted by atomic mass is 10.1. The molecule has 0 spiro atoms. The van der Waals surface area contributed by atoms with Crippen molar-refractivity contribution in [1.82, 2.24) is 14.4 Å². The highest BCUT2D eigenvalue weighted by atomic mass is 16.1. The zero-order valence-electron chi connectivity index (χ0n) is 11.9. The van der Waals surface area contributed by atoms with Crippen LogP contribution < -0.4 is 5.32 Å². The molecule has 2 aromatic heterocycles. The quantitative estimate of drug-likeness (QED) is 0.802. The summed E-state index contributed by atoms with van der Waals surface area (Å²) in [5.41, 5.74) is 1.67. The highest BCUT2D eigenvalue weighted by Gasteiger charge is 2.17. The number of imidazole rings is 1. The van der Waals surface area contributed by atoms with E-state index in [0.717, 1.165) is 11.3 Å². The van der Waals surface area contributed by atoms with Gasteiger partial charge in [-0.25, -0.2) is 9.97 Å². The van der Waals surface area contributed by atoms with Crippen LogP contribution in [0.3, 0.4) is 0 Å².